The fraction of sp³-hybridized carbons (Fsp3) is 0. The number of fused-ring (bicyclic) bond motifs is 7. The first-order chi connectivity index (χ1) is 11.3. The van der Waals surface area contributed by atoms with Gasteiger partial charge in [0, 0.05) is 5.02 Å². The van der Waals surface area contributed by atoms with Crippen LogP contribution in [0.4, 0.5) is 0 Å². The van der Waals surface area contributed by atoms with Gasteiger partial charge in [-0.05, 0) is 67.4 Å². The lowest BCUT2D eigenvalue weighted by atomic mass is 9.92. The molecule has 0 amide bonds. The van der Waals surface area contributed by atoms with Crippen LogP contribution in [0.5, 0.6) is 0 Å². The van der Waals surface area contributed by atoms with Crippen LogP contribution >= 0.6 is 11.6 Å². The largest absolute Gasteiger partial charge is 0.0843 e. The monoisotopic (exact) mass is 312 g/mol. The Kier molecular flexibility index (Phi) is 2.65. The van der Waals surface area contributed by atoms with Crippen molar-refractivity contribution in [2.24, 2.45) is 0 Å². The predicted molar refractivity (Wildman–Crippen MR) is 101 cm³/mol. The van der Waals surface area contributed by atoms with Gasteiger partial charge in [0.25, 0.3) is 0 Å². The quantitative estimate of drug-likeness (QED) is 0.214. The molecule has 5 rings (SSSR count). The Labute approximate surface area is 138 Å². The summed E-state index contributed by atoms with van der Waals surface area (Å²) in [7, 11) is 0. The molecule has 0 spiro atoms. The standard InChI is InChI=1S/C22H13Cl/c23-16-9-10-19-17-7-3-4-8-18(17)20-11-14-5-1-2-6-15(14)12-21(20)22(19)13-16/h1-13H. The molecule has 0 aliphatic carbocycles. The number of benzene rings is 5. The minimum atomic E-state index is 0.780. The van der Waals surface area contributed by atoms with Crippen LogP contribution in [0.25, 0.3) is 43.1 Å². The molecule has 0 saturated heterocycles. The van der Waals surface area contributed by atoms with Crippen molar-refractivity contribution >= 4 is 54.7 Å². The predicted octanol–water partition coefficient (Wildman–Crippen LogP) is 6.95. The summed E-state index contributed by atoms with van der Waals surface area (Å²) in [6, 6.07) is 27.9. The summed E-state index contributed by atoms with van der Waals surface area (Å²) < 4.78 is 0. The van der Waals surface area contributed by atoms with E-state index in [1.807, 2.05) is 6.07 Å². The summed E-state index contributed by atoms with van der Waals surface area (Å²) >= 11 is 6.29. The summed E-state index contributed by atoms with van der Waals surface area (Å²) in [5, 5.41) is 10.9. The number of hydrogen-bond acceptors (Lipinski definition) is 0. The van der Waals surface area contributed by atoms with Crippen molar-refractivity contribution in [3.63, 3.8) is 0 Å². The van der Waals surface area contributed by atoms with Crippen LogP contribution < -0.4 is 0 Å². The Balaban J connectivity index is 2.16. The molecule has 0 aromatic heterocycles. The van der Waals surface area contributed by atoms with Gasteiger partial charge in [-0.15, -0.1) is 0 Å². The van der Waals surface area contributed by atoms with E-state index in [9.17, 15) is 0 Å². The van der Waals surface area contributed by atoms with Gasteiger partial charge in [0.2, 0.25) is 0 Å². The maximum atomic E-state index is 6.29. The van der Waals surface area contributed by atoms with E-state index in [0.29, 0.717) is 0 Å². The third-order valence-electron chi connectivity index (χ3n) is 4.67. The van der Waals surface area contributed by atoms with Crippen LogP contribution in [-0.4, -0.2) is 0 Å². The van der Waals surface area contributed by atoms with Gasteiger partial charge in [0.1, 0.15) is 0 Å². The average Bonchev–Trinajstić information content (AvgIpc) is 2.60. The zero-order valence-electron chi connectivity index (χ0n) is 12.4. The van der Waals surface area contributed by atoms with Crippen LogP contribution in [0.2, 0.25) is 5.02 Å². The van der Waals surface area contributed by atoms with Crippen LogP contribution in [0.15, 0.2) is 78.9 Å². The first-order valence-corrected chi connectivity index (χ1v) is 8.11. The van der Waals surface area contributed by atoms with E-state index in [1.54, 1.807) is 0 Å². The van der Waals surface area contributed by atoms with Gasteiger partial charge in [-0.2, -0.15) is 0 Å². The Bertz CT molecular complexity index is 1220. The Morgan fingerprint density at radius 1 is 0.435 bits per heavy atom. The number of halogens is 1. The van der Waals surface area contributed by atoms with E-state index in [1.165, 1.54) is 43.1 Å². The molecule has 5 aromatic carbocycles. The van der Waals surface area contributed by atoms with E-state index < -0.39 is 0 Å². The second-order valence-electron chi connectivity index (χ2n) is 5.98. The first-order valence-electron chi connectivity index (χ1n) is 7.74. The van der Waals surface area contributed by atoms with Crippen molar-refractivity contribution < 1.29 is 0 Å². The van der Waals surface area contributed by atoms with Crippen LogP contribution in [0.1, 0.15) is 0 Å². The Morgan fingerprint density at radius 3 is 1.61 bits per heavy atom. The van der Waals surface area contributed by atoms with Crippen molar-refractivity contribution in [2.75, 3.05) is 0 Å². The zero-order chi connectivity index (χ0) is 15.4. The highest BCUT2D eigenvalue weighted by atomic mass is 35.5. The normalized spacial score (nSPS) is 11.7. The van der Waals surface area contributed by atoms with Gasteiger partial charge >= 0.3 is 0 Å². The van der Waals surface area contributed by atoms with Gasteiger partial charge in [0.05, 0.1) is 0 Å². The summed E-state index contributed by atoms with van der Waals surface area (Å²) in [5.41, 5.74) is 0. The molecule has 0 N–H and O–H groups in total. The van der Waals surface area contributed by atoms with Gasteiger partial charge in [0.15, 0.2) is 0 Å². The molecule has 23 heavy (non-hydrogen) atoms. The summed E-state index contributed by atoms with van der Waals surface area (Å²) in [4.78, 5) is 0. The van der Waals surface area contributed by atoms with Crippen molar-refractivity contribution in [3.05, 3.63) is 83.9 Å². The fourth-order valence-corrected chi connectivity index (χ4v) is 3.79. The molecule has 0 atom stereocenters. The van der Waals surface area contributed by atoms with Crippen molar-refractivity contribution in [1.29, 1.82) is 0 Å². The topological polar surface area (TPSA) is 0 Å². The molecular formula is C22H13Cl. The van der Waals surface area contributed by atoms with Crippen molar-refractivity contribution in [2.45, 2.75) is 0 Å². The highest BCUT2D eigenvalue weighted by Crippen LogP contribution is 2.37. The van der Waals surface area contributed by atoms with Crippen molar-refractivity contribution in [1.82, 2.24) is 0 Å². The summed E-state index contributed by atoms with van der Waals surface area (Å²) in [6.45, 7) is 0. The molecule has 0 radical (unpaired) electrons. The lowest BCUT2D eigenvalue weighted by Gasteiger charge is -2.12. The van der Waals surface area contributed by atoms with E-state index >= 15 is 0 Å². The second-order valence-corrected chi connectivity index (χ2v) is 6.42. The molecule has 5 aromatic rings. The lowest BCUT2D eigenvalue weighted by Crippen LogP contribution is -1.84. The Morgan fingerprint density at radius 2 is 0.913 bits per heavy atom. The minimum Gasteiger partial charge on any atom is -0.0843 e. The molecule has 0 heterocycles. The van der Waals surface area contributed by atoms with E-state index in [-0.39, 0.29) is 0 Å². The molecule has 0 unspecified atom stereocenters. The van der Waals surface area contributed by atoms with Crippen LogP contribution in [0.3, 0.4) is 0 Å². The third kappa shape index (κ3) is 1.85. The van der Waals surface area contributed by atoms with Gasteiger partial charge in [-0.25, -0.2) is 0 Å². The highest BCUT2D eigenvalue weighted by Gasteiger charge is 2.09. The van der Waals surface area contributed by atoms with Crippen LogP contribution in [0, 0.1) is 0 Å². The fourth-order valence-electron chi connectivity index (χ4n) is 3.61. The zero-order valence-corrected chi connectivity index (χ0v) is 13.1. The average molecular weight is 313 g/mol. The maximum Gasteiger partial charge on any atom is 0.0412 e. The molecule has 108 valence electrons. The second kappa shape index (κ2) is 4.71. The summed E-state index contributed by atoms with van der Waals surface area (Å²) in [6.07, 6.45) is 0. The SMILES string of the molecule is Clc1ccc2c3ccccc3c3cc4ccccc4cc3c2c1. The lowest BCUT2D eigenvalue weighted by molar-refractivity contribution is 1.77. The molecule has 0 aliphatic rings. The van der Waals surface area contributed by atoms with Gasteiger partial charge in [-0.1, -0.05) is 66.2 Å². The number of hydrogen-bond donors (Lipinski definition) is 0. The number of rotatable bonds is 0. The van der Waals surface area contributed by atoms with Gasteiger partial charge < -0.3 is 0 Å². The molecule has 0 saturated carbocycles. The Hall–Kier alpha value is -2.57. The van der Waals surface area contributed by atoms with Gasteiger partial charge in [-0.3, -0.25) is 0 Å². The minimum absolute atomic E-state index is 0.780. The molecule has 0 nitrogen and oxygen atoms in total. The van der Waals surface area contributed by atoms with E-state index in [0.717, 1.165) is 5.02 Å². The summed E-state index contributed by atoms with van der Waals surface area (Å²) in [5.74, 6) is 0. The van der Waals surface area contributed by atoms with E-state index in [4.69, 9.17) is 11.6 Å². The molecule has 0 fully saturated rings. The van der Waals surface area contributed by atoms with Crippen molar-refractivity contribution in [3.8, 4) is 0 Å². The van der Waals surface area contributed by atoms with Crippen LogP contribution in [-0.2, 0) is 0 Å². The molecule has 1 heteroatoms. The molecular weight excluding hydrogens is 300 g/mol. The molecule has 0 aliphatic heterocycles. The molecule has 0 bridgehead atoms. The first kappa shape index (κ1) is 12.9. The highest BCUT2D eigenvalue weighted by molar-refractivity contribution is 6.33. The third-order valence-corrected chi connectivity index (χ3v) is 4.90. The maximum absolute atomic E-state index is 6.29. The van der Waals surface area contributed by atoms with E-state index in [2.05, 4.69) is 72.8 Å². The smallest absolute Gasteiger partial charge is 0.0412 e.